The minimum atomic E-state index is -3.62. The van der Waals surface area contributed by atoms with Gasteiger partial charge in [0.15, 0.2) is 0 Å². The Kier molecular flexibility index (Phi) is 5.30. The molecular formula is C17H17IN2O4S. The van der Waals surface area contributed by atoms with Crippen molar-refractivity contribution < 1.29 is 18.3 Å². The van der Waals surface area contributed by atoms with Crippen molar-refractivity contribution in [3.05, 3.63) is 51.6 Å². The number of anilines is 1. The summed E-state index contributed by atoms with van der Waals surface area (Å²) in [6.07, 6.45) is 1.68. The Morgan fingerprint density at radius 1 is 1.12 bits per heavy atom. The fraction of sp³-hybridized carbons (Fsp3) is 0.235. The van der Waals surface area contributed by atoms with Crippen LogP contribution in [0.5, 0.6) is 5.75 Å². The van der Waals surface area contributed by atoms with Gasteiger partial charge in [-0.1, -0.05) is 6.07 Å². The first-order valence-corrected chi connectivity index (χ1v) is 10.3. The number of sulfonamides is 1. The van der Waals surface area contributed by atoms with Crippen molar-refractivity contribution in [1.29, 1.82) is 0 Å². The van der Waals surface area contributed by atoms with E-state index in [0.717, 1.165) is 16.4 Å². The van der Waals surface area contributed by atoms with E-state index in [4.69, 9.17) is 0 Å². The summed E-state index contributed by atoms with van der Waals surface area (Å²) in [5, 5.41) is 12.6. The van der Waals surface area contributed by atoms with Crippen molar-refractivity contribution in [1.82, 2.24) is 4.31 Å². The number of hydrogen-bond acceptors (Lipinski definition) is 4. The summed E-state index contributed by atoms with van der Waals surface area (Å²) in [5.74, 6) is -0.594. The van der Waals surface area contributed by atoms with E-state index >= 15 is 0 Å². The number of benzene rings is 2. The lowest BCUT2D eigenvalue weighted by Gasteiger charge is -2.16. The molecule has 0 aliphatic carbocycles. The van der Waals surface area contributed by atoms with Gasteiger partial charge in [0.2, 0.25) is 10.0 Å². The average molecular weight is 472 g/mol. The van der Waals surface area contributed by atoms with Crippen LogP contribution in [0.2, 0.25) is 0 Å². The van der Waals surface area contributed by atoms with Crippen LogP contribution < -0.4 is 5.32 Å². The zero-order valence-electron chi connectivity index (χ0n) is 13.3. The maximum atomic E-state index is 12.6. The van der Waals surface area contributed by atoms with Gasteiger partial charge in [0.05, 0.1) is 10.6 Å². The molecule has 2 N–H and O–H groups in total. The minimum Gasteiger partial charge on any atom is -0.506 e. The highest BCUT2D eigenvalue weighted by molar-refractivity contribution is 14.1. The van der Waals surface area contributed by atoms with Crippen LogP contribution in [0.1, 0.15) is 23.2 Å². The van der Waals surface area contributed by atoms with Crippen LogP contribution in [0.4, 0.5) is 5.69 Å². The lowest BCUT2D eigenvalue weighted by Crippen LogP contribution is -2.28. The van der Waals surface area contributed by atoms with Crippen molar-refractivity contribution in [2.24, 2.45) is 0 Å². The lowest BCUT2D eigenvalue weighted by atomic mass is 10.2. The lowest BCUT2D eigenvalue weighted by molar-refractivity contribution is 0.102. The van der Waals surface area contributed by atoms with Gasteiger partial charge in [-0.25, -0.2) is 8.42 Å². The van der Waals surface area contributed by atoms with Gasteiger partial charge >= 0.3 is 0 Å². The molecule has 0 unspecified atom stereocenters. The third-order valence-electron chi connectivity index (χ3n) is 4.01. The molecule has 1 amide bonds. The first kappa shape index (κ1) is 18.2. The molecule has 0 bridgehead atoms. The summed E-state index contributed by atoms with van der Waals surface area (Å²) in [6, 6.07) is 10.9. The van der Waals surface area contributed by atoms with Gasteiger partial charge in [-0.05, 0) is 71.8 Å². The highest BCUT2D eigenvalue weighted by atomic mass is 127. The molecule has 1 fully saturated rings. The largest absolute Gasteiger partial charge is 0.506 e. The third-order valence-corrected chi connectivity index (χ3v) is 6.57. The van der Waals surface area contributed by atoms with Crippen LogP contribution in [0.15, 0.2) is 47.4 Å². The molecule has 0 saturated carbocycles. The Morgan fingerprint density at radius 3 is 2.52 bits per heavy atom. The Labute approximate surface area is 160 Å². The minimum absolute atomic E-state index is 0.0603. The molecule has 1 aliphatic rings. The molecule has 0 spiro atoms. The van der Waals surface area contributed by atoms with E-state index in [2.05, 4.69) is 27.9 Å². The quantitative estimate of drug-likeness (QED) is 0.529. The number of rotatable bonds is 4. The van der Waals surface area contributed by atoms with Gasteiger partial charge in [-0.2, -0.15) is 4.31 Å². The van der Waals surface area contributed by atoms with Gasteiger partial charge in [-0.3, -0.25) is 4.79 Å². The second kappa shape index (κ2) is 7.30. The zero-order valence-corrected chi connectivity index (χ0v) is 16.2. The van der Waals surface area contributed by atoms with E-state index in [1.807, 2.05) is 6.07 Å². The number of nitrogens with zero attached hydrogens (tertiary/aromatic N) is 1. The highest BCUT2D eigenvalue weighted by Gasteiger charge is 2.28. The molecule has 6 nitrogen and oxygen atoms in total. The number of carbonyl (C=O) groups excluding carboxylic acids is 1. The summed E-state index contributed by atoms with van der Waals surface area (Å²) in [7, 11) is -3.62. The predicted molar refractivity (Wildman–Crippen MR) is 103 cm³/mol. The Bertz CT molecular complexity index is 909. The Balaban J connectivity index is 1.88. The molecule has 0 atom stereocenters. The van der Waals surface area contributed by atoms with Crippen LogP contribution >= 0.6 is 22.6 Å². The van der Waals surface area contributed by atoms with E-state index in [1.54, 1.807) is 18.2 Å². The van der Waals surface area contributed by atoms with Crippen LogP contribution in [-0.2, 0) is 10.0 Å². The van der Waals surface area contributed by atoms with E-state index in [0.29, 0.717) is 18.7 Å². The second-order valence-corrected chi connectivity index (χ2v) is 8.94. The number of carbonyl (C=O) groups is 1. The van der Waals surface area contributed by atoms with E-state index in [-0.39, 0.29) is 16.3 Å². The van der Waals surface area contributed by atoms with Crippen molar-refractivity contribution >= 4 is 44.2 Å². The standard InChI is InChI=1S/C17H17IN2O4S/c18-13-5-3-4-12(10-13)17(22)19-15-11-14(6-7-16(15)21)25(23,24)20-8-1-2-9-20/h3-7,10-11,21H,1-2,8-9H2,(H,19,22). The Morgan fingerprint density at radius 2 is 1.84 bits per heavy atom. The average Bonchev–Trinajstić information content (AvgIpc) is 3.12. The molecule has 1 saturated heterocycles. The molecule has 25 heavy (non-hydrogen) atoms. The number of phenols is 1. The summed E-state index contributed by atoms with van der Waals surface area (Å²) in [5.41, 5.74) is 0.503. The monoisotopic (exact) mass is 472 g/mol. The number of amides is 1. The van der Waals surface area contributed by atoms with Gasteiger partial charge in [0.25, 0.3) is 5.91 Å². The van der Waals surface area contributed by atoms with Gasteiger partial charge in [0.1, 0.15) is 5.75 Å². The normalized spacial score (nSPS) is 15.2. The highest BCUT2D eigenvalue weighted by Crippen LogP contribution is 2.29. The second-order valence-electron chi connectivity index (χ2n) is 5.75. The fourth-order valence-corrected chi connectivity index (χ4v) is 4.76. The maximum absolute atomic E-state index is 12.6. The molecular weight excluding hydrogens is 455 g/mol. The molecule has 8 heteroatoms. The van der Waals surface area contributed by atoms with Crippen LogP contribution in [-0.4, -0.2) is 36.8 Å². The summed E-state index contributed by atoms with van der Waals surface area (Å²) < 4.78 is 27.6. The third kappa shape index (κ3) is 3.96. The predicted octanol–water partition coefficient (Wildman–Crippen LogP) is 3.03. The van der Waals surface area contributed by atoms with Crippen molar-refractivity contribution in [2.75, 3.05) is 18.4 Å². The molecule has 132 valence electrons. The van der Waals surface area contributed by atoms with E-state index in [1.165, 1.54) is 22.5 Å². The van der Waals surface area contributed by atoms with Crippen LogP contribution in [0.3, 0.4) is 0 Å². The number of halogens is 1. The van der Waals surface area contributed by atoms with Crippen LogP contribution in [0, 0.1) is 3.57 Å². The maximum Gasteiger partial charge on any atom is 0.255 e. The molecule has 1 aliphatic heterocycles. The van der Waals surface area contributed by atoms with E-state index in [9.17, 15) is 18.3 Å². The molecule has 2 aromatic rings. The van der Waals surface area contributed by atoms with Crippen molar-refractivity contribution in [2.45, 2.75) is 17.7 Å². The smallest absolute Gasteiger partial charge is 0.255 e. The molecule has 3 rings (SSSR count). The van der Waals surface area contributed by atoms with Gasteiger partial charge < -0.3 is 10.4 Å². The number of hydrogen-bond donors (Lipinski definition) is 2. The summed E-state index contributed by atoms with van der Waals surface area (Å²) >= 11 is 2.10. The fourth-order valence-electron chi connectivity index (χ4n) is 2.68. The zero-order chi connectivity index (χ0) is 18.0. The Hall–Kier alpha value is -1.65. The molecule has 0 aromatic heterocycles. The molecule has 0 radical (unpaired) electrons. The number of phenolic OH excluding ortho intramolecular Hbond substituents is 1. The van der Waals surface area contributed by atoms with Crippen molar-refractivity contribution in [3.8, 4) is 5.75 Å². The first-order chi connectivity index (χ1) is 11.9. The van der Waals surface area contributed by atoms with Gasteiger partial charge in [-0.15, -0.1) is 0 Å². The summed E-state index contributed by atoms with van der Waals surface area (Å²) in [4.78, 5) is 12.4. The van der Waals surface area contributed by atoms with E-state index < -0.39 is 15.9 Å². The molecule has 2 aromatic carbocycles. The SMILES string of the molecule is O=C(Nc1cc(S(=O)(=O)N2CCCC2)ccc1O)c1cccc(I)c1. The number of aromatic hydroxyl groups is 1. The first-order valence-electron chi connectivity index (χ1n) is 7.78. The van der Waals surface area contributed by atoms with Crippen molar-refractivity contribution in [3.63, 3.8) is 0 Å². The summed E-state index contributed by atoms with van der Waals surface area (Å²) in [6.45, 7) is 0.987. The number of nitrogens with one attached hydrogen (secondary N) is 1. The van der Waals surface area contributed by atoms with Gasteiger partial charge in [0, 0.05) is 22.2 Å². The topological polar surface area (TPSA) is 86.7 Å². The molecule has 1 heterocycles. The van der Waals surface area contributed by atoms with Crippen LogP contribution in [0.25, 0.3) is 0 Å².